The minimum absolute atomic E-state index is 0.0867. The van der Waals surface area contributed by atoms with Crippen molar-refractivity contribution in [1.29, 1.82) is 0 Å². The lowest BCUT2D eigenvalue weighted by Gasteiger charge is -2.43. The summed E-state index contributed by atoms with van der Waals surface area (Å²) in [6.07, 6.45) is -4.25. The number of anilines is 1. The molecule has 30 heavy (non-hydrogen) atoms. The molecule has 0 bridgehead atoms. The molecule has 0 radical (unpaired) electrons. The first kappa shape index (κ1) is 20.2. The lowest BCUT2D eigenvalue weighted by atomic mass is 9.85. The van der Waals surface area contributed by atoms with Crippen LogP contribution in [-0.2, 0) is 11.0 Å². The maximum absolute atomic E-state index is 13.6. The number of alkyl halides is 3. The molecule has 2 aliphatic heterocycles. The summed E-state index contributed by atoms with van der Waals surface area (Å²) < 4.78 is 53.5. The van der Waals surface area contributed by atoms with Crippen molar-refractivity contribution < 1.29 is 27.2 Å². The number of nitrogens with zero attached hydrogens (tertiary/aromatic N) is 2. The first-order valence-electron chi connectivity index (χ1n) is 9.49. The van der Waals surface area contributed by atoms with Crippen LogP contribution in [0.15, 0.2) is 48.5 Å². The minimum atomic E-state index is -4.77. The Kier molecular flexibility index (Phi) is 4.91. The molecule has 2 aromatic carbocycles. The lowest BCUT2D eigenvalue weighted by molar-refractivity contribution is -0.138. The van der Waals surface area contributed by atoms with Crippen LogP contribution in [0.2, 0.25) is 0 Å². The molecule has 2 aromatic rings. The van der Waals surface area contributed by atoms with E-state index in [-0.39, 0.29) is 31.8 Å². The standard InChI is InChI=1S/C21H19F4N3O2/c22-14-6-7-17(21(23,24)25)16(12-14)18(29)27-10-8-20(9-11-27)19(30)26-13-28(20)15-4-2-1-3-5-15/h1-7,12H,8-11,13H2,(H,26,30). The van der Waals surface area contributed by atoms with E-state index in [0.717, 1.165) is 5.69 Å². The predicted molar refractivity (Wildman–Crippen MR) is 101 cm³/mol. The molecule has 0 aromatic heterocycles. The van der Waals surface area contributed by atoms with Crippen LogP contribution in [0.4, 0.5) is 23.2 Å². The van der Waals surface area contributed by atoms with E-state index in [1.807, 2.05) is 35.2 Å². The van der Waals surface area contributed by atoms with Gasteiger partial charge < -0.3 is 15.1 Å². The van der Waals surface area contributed by atoms with Gasteiger partial charge in [0.2, 0.25) is 5.91 Å². The average Bonchev–Trinajstić information content (AvgIpc) is 3.03. The summed E-state index contributed by atoms with van der Waals surface area (Å²) in [7, 11) is 0. The number of likely N-dealkylation sites (tertiary alicyclic amines) is 1. The fourth-order valence-electron chi connectivity index (χ4n) is 4.22. The van der Waals surface area contributed by atoms with Crippen molar-refractivity contribution >= 4 is 17.5 Å². The van der Waals surface area contributed by atoms with E-state index >= 15 is 0 Å². The molecule has 2 heterocycles. The Morgan fingerprint density at radius 3 is 2.33 bits per heavy atom. The summed E-state index contributed by atoms with van der Waals surface area (Å²) in [6.45, 7) is 0.492. The van der Waals surface area contributed by atoms with Gasteiger partial charge in [0.15, 0.2) is 0 Å². The van der Waals surface area contributed by atoms with Crippen molar-refractivity contribution in [2.75, 3.05) is 24.7 Å². The highest BCUT2D eigenvalue weighted by molar-refractivity contribution is 5.97. The number of carbonyl (C=O) groups is 2. The van der Waals surface area contributed by atoms with Crippen molar-refractivity contribution in [2.45, 2.75) is 24.6 Å². The molecule has 4 rings (SSSR count). The monoisotopic (exact) mass is 421 g/mol. The molecule has 5 nitrogen and oxygen atoms in total. The second-order valence-corrected chi connectivity index (χ2v) is 7.44. The van der Waals surface area contributed by atoms with Crippen LogP contribution in [-0.4, -0.2) is 42.0 Å². The van der Waals surface area contributed by atoms with Gasteiger partial charge in [0.1, 0.15) is 11.4 Å². The zero-order valence-corrected chi connectivity index (χ0v) is 15.9. The third-order valence-electron chi connectivity index (χ3n) is 5.80. The van der Waals surface area contributed by atoms with E-state index in [4.69, 9.17) is 0 Å². The van der Waals surface area contributed by atoms with Crippen molar-refractivity contribution in [2.24, 2.45) is 0 Å². The molecule has 2 amide bonds. The molecule has 0 unspecified atom stereocenters. The van der Waals surface area contributed by atoms with E-state index in [1.54, 1.807) is 0 Å². The summed E-state index contributed by atoms with van der Waals surface area (Å²) in [4.78, 5) is 28.6. The van der Waals surface area contributed by atoms with Gasteiger partial charge in [-0.2, -0.15) is 13.2 Å². The van der Waals surface area contributed by atoms with Gasteiger partial charge in [0, 0.05) is 18.8 Å². The number of rotatable bonds is 2. The smallest absolute Gasteiger partial charge is 0.339 e. The molecule has 0 saturated carbocycles. The Morgan fingerprint density at radius 1 is 1.03 bits per heavy atom. The number of para-hydroxylation sites is 1. The number of hydrogen-bond donors (Lipinski definition) is 1. The maximum atomic E-state index is 13.6. The van der Waals surface area contributed by atoms with Gasteiger partial charge in [-0.25, -0.2) is 4.39 Å². The maximum Gasteiger partial charge on any atom is 0.417 e. The Labute approximate surface area is 170 Å². The van der Waals surface area contributed by atoms with Crippen molar-refractivity contribution in [3.05, 3.63) is 65.5 Å². The third-order valence-corrected chi connectivity index (χ3v) is 5.80. The topological polar surface area (TPSA) is 52.7 Å². The third kappa shape index (κ3) is 3.38. The van der Waals surface area contributed by atoms with Crippen LogP contribution >= 0.6 is 0 Å². The molecule has 9 heteroatoms. The Balaban J connectivity index is 1.57. The van der Waals surface area contributed by atoms with Gasteiger partial charge in [-0.15, -0.1) is 0 Å². The van der Waals surface area contributed by atoms with E-state index in [0.29, 0.717) is 24.9 Å². The predicted octanol–water partition coefficient (Wildman–Crippen LogP) is 3.41. The van der Waals surface area contributed by atoms with E-state index in [1.165, 1.54) is 4.90 Å². The summed E-state index contributed by atoms with van der Waals surface area (Å²) in [5.41, 5.74) is -1.90. The molecule has 0 atom stereocenters. The summed E-state index contributed by atoms with van der Waals surface area (Å²) in [6, 6.07) is 11.2. The number of hydrogen-bond acceptors (Lipinski definition) is 3. The van der Waals surface area contributed by atoms with Gasteiger partial charge in [-0.1, -0.05) is 18.2 Å². The molecule has 2 fully saturated rings. The lowest BCUT2D eigenvalue weighted by Crippen LogP contribution is -2.57. The second kappa shape index (κ2) is 7.30. The van der Waals surface area contributed by atoms with Crippen LogP contribution in [0.25, 0.3) is 0 Å². The molecule has 158 valence electrons. The van der Waals surface area contributed by atoms with E-state index in [2.05, 4.69) is 5.32 Å². The molecular weight excluding hydrogens is 402 g/mol. The van der Waals surface area contributed by atoms with E-state index < -0.39 is 34.6 Å². The molecule has 0 aliphatic carbocycles. The van der Waals surface area contributed by atoms with Gasteiger partial charge >= 0.3 is 6.18 Å². The van der Waals surface area contributed by atoms with Gasteiger partial charge in [0.25, 0.3) is 5.91 Å². The van der Waals surface area contributed by atoms with Crippen LogP contribution in [0.3, 0.4) is 0 Å². The molecule has 2 saturated heterocycles. The van der Waals surface area contributed by atoms with Gasteiger partial charge in [0.05, 0.1) is 17.8 Å². The first-order chi connectivity index (χ1) is 14.2. The highest BCUT2D eigenvalue weighted by Crippen LogP contribution is 2.38. The number of halogens is 4. The van der Waals surface area contributed by atoms with Crippen molar-refractivity contribution in [3.8, 4) is 0 Å². The minimum Gasteiger partial charge on any atom is -0.339 e. The first-order valence-corrected chi connectivity index (χ1v) is 9.49. The van der Waals surface area contributed by atoms with Crippen LogP contribution in [0, 0.1) is 5.82 Å². The van der Waals surface area contributed by atoms with Crippen LogP contribution < -0.4 is 10.2 Å². The second-order valence-electron chi connectivity index (χ2n) is 7.44. The zero-order valence-electron chi connectivity index (χ0n) is 15.9. The van der Waals surface area contributed by atoms with Gasteiger partial charge in [-0.05, 0) is 43.2 Å². The Hall–Kier alpha value is -3.10. The van der Waals surface area contributed by atoms with Crippen molar-refractivity contribution in [3.63, 3.8) is 0 Å². The molecular formula is C21H19F4N3O2. The number of nitrogens with one attached hydrogen (secondary N) is 1. The number of carbonyl (C=O) groups excluding carboxylic acids is 2. The largest absolute Gasteiger partial charge is 0.417 e. The highest BCUT2D eigenvalue weighted by Gasteiger charge is 2.51. The quantitative estimate of drug-likeness (QED) is 0.757. The molecule has 1 N–H and O–H groups in total. The normalized spacial score (nSPS) is 18.6. The molecule has 2 aliphatic rings. The van der Waals surface area contributed by atoms with Crippen molar-refractivity contribution in [1.82, 2.24) is 10.2 Å². The van der Waals surface area contributed by atoms with Crippen LogP contribution in [0.5, 0.6) is 0 Å². The molecule has 1 spiro atoms. The Bertz CT molecular complexity index is 970. The SMILES string of the molecule is O=C(c1cc(F)ccc1C(F)(F)F)N1CCC2(CC1)C(=O)NCN2c1ccccc1. The number of piperidine rings is 1. The summed E-state index contributed by atoms with van der Waals surface area (Å²) in [5, 5.41) is 2.83. The Morgan fingerprint density at radius 2 is 1.70 bits per heavy atom. The highest BCUT2D eigenvalue weighted by atomic mass is 19.4. The van der Waals surface area contributed by atoms with Crippen LogP contribution in [0.1, 0.15) is 28.8 Å². The summed E-state index contributed by atoms with van der Waals surface area (Å²) >= 11 is 0. The summed E-state index contributed by atoms with van der Waals surface area (Å²) in [5.74, 6) is -1.97. The number of amides is 2. The fraction of sp³-hybridized carbons (Fsp3) is 0.333. The average molecular weight is 421 g/mol. The van der Waals surface area contributed by atoms with Gasteiger partial charge in [-0.3, -0.25) is 9.59 Å². The number of benzene rings is 2. The zero-order chi connectivity index (χ0) is 21.5. The van der Waals surface area contributed by atoms with E-state index in [9.17, 15) is 27.2 Å². The fourth-order valence-corrected chi connectivity index (χ4v) is 4.22.